The number of H-pyrrole nitrogens is 1. The van der Waals surface area contributed by atoms with Crippen molar-refractivity contribution in [2.75, 3.05) is 6.26 Å². The largest absolute Gasteiger partial charge is 0.458 e. The van der Waals surface area contributed by atoms with Gasteiger partial charge in [0, 0.05) is 10.5 Å². The molecule has 23 heavy (non-hydrogen) atoms. The number of nitrogens with zero attached hydrogens (tertiary/aromatic N) is 3. The molecule has 0 saturated heterocycles. The summed E-state index contributed by atoms with van der Waals surface area (Å²) in [6, 6.07) is 12.1. The monoisotopic (exact) mass is 322 g/mol. The summed E-state index contributed by atoms with van der Waals surface area (Å²) in [6.45, 7) is 1.90. The quantitative estimate of drug-likeness (QED) is 0.569. The molecule has 0 saturated carbocycles. The maximum atomic E-state index is 5.66. The first kappa shape index (κ1) is 14.0. The molecule has 5 nitrogen and oxygen atoms in total. The van der Waals surface area contributed by atoms with Gasteiger partial charge >= 0.3 is 0 Å². The third-order valence-corrected chi connectivity index (χ3v) is 4.31. The van der Waals surface area contributed by atoms with Crippen molar-refractivity contribution in [3.05, 3.63) is 48.5 Å². The fraction of sp³-hybridized carbons (Fsp3) is 0.118. The Kier molecular flexibility index (Phi) is 3.38. The minimum absolute atomic E-state index is 0.544. The molecule has 0 bridgehead atoms. The number of thioether (sulfide) groups is 1. The van der Waals surface area contributed by atoms with Gasteiger partial charge in [-0.3, -0.25) is 0 Å². The molecule has 6 heteroatoms. The Morgan fingerprint density at radius 3 is 2.83 bits per heavy atom. The van der Waals surface area contributed by atoms with Gasteiger partial charge in [0.2, 0.25) is 0 Å². The van der Waals surface area contributed by atoms with Crippen LogP contribution in [0.2, 0.25) is 0 Å². The van der Waals surface area contributed by atoms with Crippen LogP contribution in [-0.2, 0) is 0 Å². The minimum Gasteiger partial charge on any atom is -0.458 e. The molecule has 3 heterocycles. The molecular weight excluding hydrogens is 308 g/mol. The van der Waals surface area contributed by atoms with Crippen molar-refractivity contribution in [2.24, 2.45) is 0 Å². The Morgan fingerprint density at radius 2 is 2.04 bits per heavy atom. The number of aromatic nitrogens is 4. The number of aromatic amines is 1. The van der Waals surface area contributed by atoms with Crippen LogP contribution in [0.5, 0.6) is 0 Å². The number of hydrogen-bond acceptors (Lipinski definition) is 5. The van der Waals surface area contributed by atoms with Gasteiger partial charge in [-0.2, -0.15) is 0 Å². The summed E-state index contributed by atoms with van der Waals surface area (Å²) in [5, 5.41) is 0. The molecule has 0 aliphatic carbocycles. The van der Waals surface area contributed by atoms with E-state index in [9.17, 15) is 0 Å². The van der Waals surface area contributed by atoms with Crippen LogP contribution in [0.3, 0.4) is 0 Å². The lowest BCUT2D eigenvalue weighted by Gasteiger charge is -2.06. The molecule has 1 aromatic carbocycles. The molecule has 4 aromatic rings. The predicted molar refractivity (Wildman–Crippen MR) is 91.3 cm³/mol. The van der Waals surface area contributed by atoms with E-state index >= 15 is 0 Å². The number of fused-ring (bicyclic) bond motifs is 1. The zero-order valence-corrected chi connectivity index (χ0v) is 13.5. The molecule has 0 atom stereocenters. The first-order chi connectivity index (χ1) is 11.2. The lowest BCUT2D eigenvalue weighted by molar-refractivity contribution is 0.544. The van der Waals surface area contributed by atoms with Crippen LogP contribution >= 0.6 is 11.8 Å². The molecule has 3 aromatic heterocycles. The van der Waals surface area contributed by atoms with Crippen LogP contribution in [0.4, 0.5) is 0 Å². The van der Waals surface area contributed by atoms with Crippen molar-refractivity contribution >= 4 is 22.9 Å². The number of rotatable bonds is 3. The second kappa shape index (κ2) is 5.55. The highest BCUT2D eigenvalue weighted by Crippen LogP contribution is 2.29. The van der Waals surface area contributed by atoms with Crippen molar-refractivity contribution in [2.45, 2.75) is 11.8 Å². The van der Waals surface area contributed by atoms with Gasteiger partial charge in [0.1, 0.15) is 17.0 Å². The first-order valence-corrected chi connectivity index (χ1v) is 8.39. The predicted octanol–water partition coefficient (Wildman–Crippen LogP) is 4.31. The highest BCUT2D eigenvalue weighted by molar-refractivity contribution is 7.98. The summed E-state index contributed by atoms with van der Waals surface area (Å²) in [7, 11) is 0. The number of furan rings is 1. The smallest absolute Gasteiger partial charge is 0.198 e. The van der Waals surface area contributed by atoms with Crippen LogP contribution in [0.15, 0.2) is 52.0 Å². The van der Waals surface area contributed by atoms with E-state index in [1.54, 1.807) is 18.1 Å². The number of imidazole rings is 1. The standard InChI is InChI=1S/C17H14N4OS/c1-10-6-7-13(22-10)16-20-14(15-17(21-16)19-9-18-15)11-4-3-5-12(8-11)23-2/h3-9H,1-2H3,(H,18,19,20,21). The Morgan fingerprint density at radius 1 is 1.13 bits per heavy atom. The number of nitrogens with one attached hydrogen (secondary N) is 1. The fourth-order valence-corrected chi connectivity index (χ4v) is 2.94. The second-order valence-electron chi connectivity index (χ2n) is 5.14. The normalized spacial score (nSPS) is 11.2. The number of hydrogen-bond donors (Lipinski definition) is 1. The third kappa shape index (κ3) is 2.51. The Bertz CT molecular complexity index is 989. The Hall–Kier alpha value is -2.60. The van der Waals surface area contributed by atoms with Crippen LogP contribution in [0, 0.1) is 6.92 Å². The lowest BCUT2D eigenvalue weighted by atomic mass is 10.1. The fourth-order valence-electron chi connectivity index (χ4n) is 2.48. The third-order valence-electron chi connectivity index (χ3n) is 3.59. The molecule has 0 aliphatic rings. The van der Waals surface area contributed by atoms with Gasteiger partial charge in [0.15, 0.2) is 17.2 Å². The van der Waals surface area contributed by atoms with Gasteiger partial charge in [0.05, 0.1) is 6.33 Å². The van der Waals surface area contributed by atoms with Crippen LogP contribution in [0.1, 0.15) is 5.76 Å². The molecule has 114 valence electrons. The number of benzene rings is 1. The molecule has 0 radical (unpaired) electrons. The molecule has 4 rings (SSSR count). The summed E-state index contributed by atoms with van der Waals surface area (Å²) < 4.78 is 5.66. The first-order valence-electron chi connectivity index (χ1n) is 7.17. The maximum Gasteiger partial charge on any atom is 0.198 e. The molecule has 0 spiro atoms. The zero-order chi connectivity index (χ0) is 15.8. The van der Waals surface area contributed by atoms with Gasteiger partial charge < -0.3 is 9.40 Å². The summed E-state index contributed by atoms with van der Waals surface area (Å²) >= 11 is 1.70. The van der Waals surface area contributed by atoms with E-state index in [0.717, 1.165) is 22.5 Å². The molecule has 0 amide bonds. The van der Waals surface area contributed by atoms with E-state index in [0.29, 0.717) is 17.2 Å². The molecular formula is C17H14N4OS. The van der Waals surface area contributed by atoms with Gasteiger partial charge in [-0.15, -0.1) is 11.8 Å². The van der Waals surface area contributed by atoms with E-state index in [1.165, 1.54) is 4.90 Å². The Balaban J connectivity index is 1.95. The molecule has 0 aliphatic heterocycles. The van der Waals surface area contributed by atoms with E-state index < -0.39 is 0 Å². The van der Waals surface area contributed by atoms with Gasteiger partial charge in [-0.25, -0.2) is 15.0 Å². The zero-order valence-electron chi connectivity index (χ0n) is 12.7. The van der Waals surface area contributed by atoms with Gasteiger partial charge in [-0.05, 0) is 37.4 Å². The second-order valence-corrected chi connectivity index (χ2v) is 6.02. The van der Waals surface area contributed by atoms with Gasteiger partial charge in [0.25, 0.3) is 0 Å². The average molecular weight is 322 g/mol. The van der Waals surface area contributed by atoms with E-state index in [2.05, 4.69) is 33.3 Å². The minimum atomic E-state index is 0.544. The van der Waals surface area contributed by atoms with Crippen molar-refractivity contribution in [3.8, 4) is 22.8 Å². The van der Waals surface area contributed by atoms with E-state index in [4.69, 9.17) is 9.40 Å². The SMILES string of the molecule is CSc1cccc(-c2nc(-c3ccc(C)o3)nc3nc[nH]c23)c1. The highest BCUT2D eigenvalue weighted by atomic mass is 32.2. The molecule has 0 unspecified atom stereocenters. The summed E-state index contributed by atoms with van der Waals surface area (Å²) in [5.41, 5.74) is 3.31. The van der Waals surface area contributed by atoms with Crippen molar-refractivity contribution in [1.29, 1.82) is 0 Å². The Labute approximate surface area is 137 Å². The maximum absolute atomic E-state index is 5.66. The lowest BCUT2D eigenvalue weighted by Crippen LogP contribution is -1.94. The van der Waals surface area contributed by atoms with Crippen LogP contribution in [0.25, 0.3) is 34.0 Å². The van der Waals surface area contributed by atoms with Crippen molar-refractivity contribution in [1.82, 2.24) is 19.9 Å². The van der Waals surface area contributed by atoms with Gasteiger partial charge in [-0.1, -0.05) is 12.1 Å². The van der Waals surface area contributed by atoms with Crippen LogP contribution < -0.4 is 0 Å². The summed E-state index contributed by atoms with van der Waals surface area (Å²) in [4.78, 5) is 17.8. The summed E-state index contributed by atoms with van der Waals surface area (Å²) in [5.74, 6) is 2.02. The van der Waals surface area contributed by atoms with Crippen molar-refractivity contribution in [3.63, 3.8) is 0 Å². The van der Waals surface area contributed by atoms with E-state index in [1.807, 2.05) is 31.2 Å². The molecule has 0 fully saturated rings. The summed E-state index contributed by atoms with van der Waals surface area (Å²) in [6.07, 6.45) is 3.69. The van der Waals surface area contributed by atoms with Crippen molar-refractivity contribution < 1.29 is 4.42 Å². The van der Waals surface area contributed by atoms with Crippen LogP contribution in [-0.4, -0.2) is 26.2 Å². The highest BCUT2D eigenvalue weighted by Gasteiger charge is 2.15. The average Bonchev–Trinajstić information content (AvgIpc) is 3.22. The number of aryl methyl sites for hydroxylation is 1. The van der Waals surface area contributed by atoms with E-state index in [-0.39, 0.29) is 0 Å². The topological polar surface area (TPSA) is 67.6 Å². The molecule has 1 N–H and O–H groups in total.